The second-order valence-corrected chi connectivity index (χ2v) is 6.79. The predicted molar refractivity (Wildman–Crippen MR) is 97.2 cm³/mol. The van der Waals surface area contributed by atoms with Gasteiger partial charge in [-0.15, -0.1) is 0 Å². The van der Waals surface area contributed by atoms with E-state index in [1.807, 2.05) is 12.1 Å². The van der Waals surface area contributed by atoms with Crippen molar-refractivity contribution in [3.05, 3.63) is 52.4 Å². The first-order chi connectivity index (χ1) is 12.1. The molecular weight excluding hydrogens is 363 g/mol. The Hall–Kier alpha value is -1.69. The summed E-state index contributed by atoms with van der Waals surface area (Å²) in [4.78, 5) is 14.5. The average Bonchev–Trinajstić information content (AvgIpc) is 3.30. The zero-order chi connectivity index (χ0) is 17.6. The molecule has 1 aliphatic rings. The molecule has 1 aromatic heterocycles. The molecule has 25 heavy (non-hydrogen) atoms. The van der Waals surface area contributed by atoms with Crippen molar-refractivity contribution in [2.75, 3.05) is 26.2 Å². The highest BCUT2D eigenvalue weighted by Gasteiger charge is 2.25. The number of hydrogen-bond acceptors (Lipinski definition) is 4. The van der Waals surface area contributed by atoms with Gasteiger partial charge in [-0.25, -0.2) is 0 Å². The van der Waals surface area contributed by atoms with Crippen LogP contribution in [0, 0.1) is 0 Å². The Labute approximate surface area is 156 Å². The van der Waals surface area contributed by atoms with Gasteiger partial charge >= 0.3 is 0 Å². The summed E-state index contributed by atoms with van der Waals surface area (Å²) in [5, 5.41) is 3.84. The van der Waals surface area contributed by atoms with Crippen LogP contribution in [0.5, 0.6) is 5.75 Å². The van der Waals surface area contributed by atoms with Gasteiger partial charge in [0, 0.05) is 17.6 Å². The molecule has 1 aromatic carbocycles. The van der Waals surface area contributed by atoms with E-state index in [9.17, 15) is 4.79 Å². The molecule has 2 heterocycles. The lowest BCUT2D eigenvalue weighted by atomic mass is 10.2. The van der Waals surface area contributed by atoms with Crippen LogP contribution in [-0.4, -0.2) is 37.0 Å². The summed E-state index contributed by atoms with van der Waals surface area (Å²) in [7, 11) is 0. The summed E-state index contributed by atoms with van der Waals surface area (Å²) in [5.74, 6) is 1.04. The van der Waals surface area contributed by atoms with E-state index in [-0.39, 0.29) is 18.6 Å². The number of halogens is 2. The number of carbonyl (C=O) groups excluding carboxylic acids is 1. The summed E-state index contributed by atoms with van der Waals surface area (Å²) in [6.07, 6.45) is 3.99. The SMILES string of the molecule is O=C(COc1cc(Cl)ccc1Cl)NCC(c1ccco1)N1CCCC1. The van der Waals surface area contributed by atoms with Crippen LogP contribution in [0.1, 0.15) is 24.6 Å². The van der Waals surface area contributed by atoms with Crippen LogP contribution >= 0.6 is 23.2 Å². The van der Waals surface area contributed by atoms with Gasteiger partial charge < -0.3 is 14.5 Å². The van der Waals surface area contributed by atoms with E-state index in [4.69, 9.17) is 32.4 Å². The molecule has 2 aromatic rings. The highest BCUT2D eigenvalue weighted by Crippen LogP contribution is 2.28. The van der Waals surface area contributed by atoms with Crippen LogP contribution in [0.25, 0.3) is 0 Å². The molecule has 1 aliphatic heterocycles. The molecule has 0 saturated carbocycles. The van der Waals surface area contributed by atoms with Crippen molar-refractivity contribution >= 4 is 29.1 Å². The number of rotatable bonds is 7. The molecule has 134 valence electrons. The van der Waals surface area contributed by atoms with Gasteiger partial charge in [-0.05, 0) is 50.2 Å². The second kappa shape index (κ2) is 8.61. The van der Waals surface area contributed by atoms with Gasteiger partial charge in [0.15, 0.2) is 6.61 Å². The second-order valence-electron chi connectivity index (χ2n) is 5.94. The maximum absolute atomic E-state index is 12.1. The molecule has 1 atom stereocenters. The maximum atomic E-state index is 12.1. The number of benzene rings is 1. The van der Waals surface area contributed by atoms with E-state index in [2.05, 4.69) is 10.2 Å². The van der Waals surface area contributed by atoms with Crippen LogP contribution in [-0.2, 0) is 4.79 Å². The number of amides is 1. The zero-order valence-corrected chi connectivity index (χ0v) is 15.2. The maximum Gasteiger partial charge on any atom is 0.258 e. The third-order valence-electron chi connectivity index (χ3n) is 4.20. The van der Waals surface area contributed by atoms with Crippen molar-refractivity contribution < 1.29 is 13.9 Å². The molecule has 7 heteroatoms. The lowest BCUT2D eigenvalue weighted by molar-refractivity contribution is -0.123. The molecule has 1 fully saturated rings. The zero-order valence-electron chi connectivity index (χ0n) is 13.7. The first-order valence-electron chi connectivity index (χ1n) is 8.25. The first kappa shape index (κ1) is 18.1. The first-order valence-corrected chi connectivity index (χ1v) is 9.01. The molecule has 0 bridgehead atoms. The molecule has 1 unspecified atom stereocenters. The number of nitrogens with zero attached hydrogens (tertiary/aromatic N) is 1. The standard InChI is InChI=1S/C18H20Cl2N2O3/c19-13-5-6-14(20)17(10-13)25-12-18(23)21-11-15(16-4-3-9-24-16)22-7-1-2-8-22/h3-6,9-10,15H,1-2,7-8,11-12H2,(H,21,23). The molecular formula is C18H20Cl2N2O3. The summed E-state index contributed by atoms with van der Waals surface area (Å²) in [6, 6.07) is 8.74. The Balaban J connectivity index is 1.53. The summed E-state index contributed by atoms with van der Waals surface area (Å²) >= 11 is 11.9. The van der Waals surface area contributed by atoms with Crippen molar-refractivity contribution in [1.29, 1.82) is 0 Å². The van der Waals surface area contributed by atoms with Gasteiger partial charge in [-0.2, -0.15) is 0 Å². The number of furan rings is 1. The normalized spacial score (nSPS) is 15.9. The minimum atomic E-state index is -0.216. The van der Waals surface area contributed by atoms with Crippen molar-refractivity contribution in [3.8, 4) is 5.75 Å². The van der Waals surface area contributed by atoms with E-state index in [0.717, 1.165) is 18.8 Å². The largest absolute Gasteiger partial charge is 0.482 e. The van der Waals surface area contributed by atoms with E-state index >= 15 is 0 Å². The van der Waals surface area contributed by atoms with Crippen molar-refractivity contribution in [2.24, 2.45) is 0 Å². The third kappa shape index (κ3) is 4.91. The average molecular weight is 383 g/mol. The summed E-state index contributed by atoms with van der Waals surface area (Å²) in [6.45, 7) is 2.37. The fraction of sp³-hybridized carbons (Fsp3) is 0.389. The highest BCUT2D eigenvalue weighted by molar-refractivity contribution is 6.34. The van der Waals surface area contributed by atoms with E-state index in [0.29, 0.717) is 22.3 Å². The minimum Gasteiger partial charge on any atom is -0.482 e. The van der Waals surface area contributed by atoms with Crippen LogP contribution in [0.3, 0.4) is 0 Å². The number of hydrogen-bond donors (Lipinski definition) is 1. The number of carbonyl (C=O) groups is 1. The number of likely N-dealkylation sites (tertiary alicyclic amines) is 1. The molecule has 0 radical (unpaired) electrons. The Morgan fingerprint density at radius 1 is 1.28 bits per heavy atom. The van der Waals surface area contributed by atoms with Crippen molar-refractivity contribution in [3.63, 3.8) is 0 Å². The van der Waals surface area contributed by atoms with E-state index in [1.54, 1.807) is 24.5 Å². The van der Waals surface area contributed by atoms with Gasteiger partial charge in [0.1, 0.15) is 11.5 Å². The quantitative estimate of drug-likeness (QED) is 0.788. The van der Waals surface area contributed by atoms with E-state index < -0.39 is 0 Å². The topological polar surface area (TPSA) is 54.7 Å². The molecule has 5 nitrogen and oxygen atoms in total. The highest BCUT2D eigenvalue weighted by atomic mass is 35.5. The molecule has 0 spiro atoms. The lowest BCUT2D eigenvalue weighted by Crippen LogP contribution is -2.38. The fourth-order valence-corrected chi connectivity index (χ4v) is 3.27. The molecule has 3 rings (SSSR count). The minimum absolute atomic E-state index is 0.0382. The molecule has 1 saturated heterocycles. The Kier molecular flexibility index (Phi) is 6.24. The van der Waals surface area contributed by atoms with Crippen molar-refractivity contribution in [2.45, 2.75) is 18.9 Å². The smallest absolute Gasteiger partial charge is 0.258 e. The molecule has 1 N–H and O–H groups in total. The number of nitrogens with one attached hydrogen (secondary N) is 1. The Morgan fingerprint density at radius 2 is 2.08 bits per heavy atom. The fourth-order valence-electron chi connectivity index (χ4n) is 2.94. The summed E-state index contributed by atoms with van der Waals surface area (Å²) in [5.41, 5.74) is 0. The van der Waals surface area contributed by atoms with Gasteiger partial charge in [0.05, 0.1) is 17.3 Å². The van der Waals surface area contributed by atoms with Crippen LogP contribution < -0.4 is 10.1 Å². The molecule has 0 aliphatic carbocycles. The monoisotopic (exact) mass is 382 g/mol. The van der Waals surface area contributed by atoms with Gasteiger partial charge in [-0.3, -0.25) is 9.69 Å². The van der Waals surface area contributed by atoms with Gasteiger partial charge in [0.2, 0.25) is 0 Å². The lowest BCUT2D eigenvalue weighted by Gasteiger charge is -2.26. The predicted octanol–water partition coefficient (Wildman–Crippen LogP) is 3.92. The third-order valence-corrected chi connectivity index (χ3v) is 4.74. The van der Waals surface area contributed by atoms with Crippen molar-refractivity contribution in [1.82, 2.24) is 10.2 Å². The Morgan fingerprint density at radius 3 is 2.80 bits per heavy atom. The summed E-state index contributed by atoms with van der Waals surface area (Å²) < 4.78 is 11.0. The van der Waals surface area contributed by atoms with E-state index in [1.165, 1.54) is 12.8 Å². The van der Waals surface area contributed by atoms with Gasteiger partial charge in [0.25, 0.3) is 5.91 Å². The Bertz CT molecular complexity index is 700. The molecule has 1 amide bonds. The number of ether oxygens (including phenoxy) is 1. The van der Waals surface area contributed by atoms with Crippen LogP contribution in [0.4, 0.5) is 0 Å². The van der Waals surface area contributed by atoms with Crippen LogP contribution in [0.2, 0.25) is 10.0 Å². The van der Waals surface area contributed by atoms with Gasteiger partial charge in [-0.1, -0.05) is 23.2 Å². The van der Waals surface area contributed by atoms with Crippen LogP contribution in [0.15, 0.2) is 41.0 Å².